The fraction of sp³-hybridized carbons (Fsp3) is 0.185. The molecule has 4 rings (SSSR count). The van der Waals surface area contributed by atoms with E-state index in [1.54, 1.807) is 35.2 Å². The Bertz CT molecular complexity index is 1380. The van der Waals surface area contributed by atoms with Crippen LogP contribution < -0.4 is 9.47 Å². The summed E-state index contributed by atoms with van der Waals surface area (Å²) in [7, 11) is 0. The molecule has 5 nitrogen and oxygen atoms in total. The Morgan fingerprint density at radius 3 is 2.51 bits per heavy atom. The van der Waals surface area contributed by atoms with E-state index in [9.17, 15) is 9.18 Å². The first kappa shape index (κ1) is 27.5. The van der Waals surface area contributed by atoms with Gasteiger partial charge in [-0.05, 0) is 102 Å². The van der Waals surface area contributed by atoms with Gasteiger partial charge in [-0.25, -0.2) is 9.38 Å². The van der Waals surface area contributed by atoms with Gasteiger partial charge >= 0.3 is 0 Å². The van der Waals surface area contributed by atoms with Gasteiger partial charge in [0.15, 0.2) is 16.7 Å². The number of halogens is 4. The van der Waals surface area contributed by atoms with Crippen LogP contribution >= 0.6 is 50.9 Å². The van der Waals surface area contributed by atoms with E-state index in [1.165, 1.54) is 23.9 Å². The Labute approximate surface area is 237 Å². The smallest absolute Gasteiger partial charge is 0.266 e. The lowest BCUT2D eigenvalue weighted by Crippen LogP contribution is -2.28. The molecule has 1 saturated heterocycles. The molecular formula is C27H22BrCl2FN2O3S. The predicted molar refractivity (Wildman–Crippen MR) is 153 cm³/mol. The van der Waals surface area contributed by atoms with Gasteiger partial charge in [0.2, 0.25) is 0 Å². The number of amidine groups is 1. The third-order valence-electron chi connectivity index (χ3n) is 5.27. The van der Waals surface area contributed by atoms with Crippen molar-refractivity contribution in [3.05, 3.63) is 91.0 Å². The van der Waals surface area contributed by atoms with Crippen molar-refractivity contribution in [3.63, 3.8) is 0 Å². The number of aliphatic imine (C=N–C) groups is 1. The molecule has 0 saturated carbocycles. The van der Waals surface area contributed by atoms with Gasteiger partial charge in [-0.3, -0.25) is 9.69 Å². The van der Waals surface area contributed by atoms with Gasteiger partial charge in [0.25, 0.3) is 5.91 Å². The fourth-order valence-electron chi connectivity index (χ4n) is 3.51. The molecule has 1 heterocycles. The number of hydrogen-bond donors (Lipinski definition) is 0. The molecule has 1 amide bonds. The molecule has 0 aromatic heterocycles. The van der Waals surface area contributed by atoms with Crippen molar-refractivity contribution in [2.24, 2.45) is 4.99 Å². The van der Waals surface area contributed by atoms with Gasteiger partial charge in [0.05, 0.1) is 21.7 Å². The lowest BCUT2D eigenvalue weighted by atomic mass is 10.1. The molecular weight excluding hydrogens is 602 g/mol. The van der Waals surface area contributed by atoms with Gasteiger partial charge < -0.3 is 9.47 Å². The Morgan fingerprint density at radius 2 is 1.84 bits per heavy atom. The maximum absolute atomic E-state index is 13.3. The van der Waals surface area contributed by atoms with Crippen LogP contribution in [-0.4, -0.2) is 29.1 Å². The van der Waals surface area contributed by atoms with E-state index in [-0.39, 0.29) is 18.3 Å². The number of amides is 1. The average molecular weight is 624 g/mol. The van der Waals surface area contributed by atoms with Crippen LogP contribution in [0, 0.1) is 5.82 Å². The molecule has 0 bridgehead atoms. The topological polar surface area (TPSA) is 51.1 Å². The summed E-state index contributed by atoms with van der Waals surface area (Å²) in [5, 5.41) is 1.60. The molecule has 10 heteroatoms. The first-order valence-corrected chi connectivity index (χ1v) is 13.7. The molecule has 3 aromatic rings. The second-order valence-corrected chi connectivity index (χ2v) is 10.5. The van der Waals surface area contributed by atoms with Gasteiger partial charge in [0, 0.05) is 22.2 Å². The zero-order valence-electron chi connectivity index (χ0n) is 19.9. The second kappa shape index (κ2) is 12.3. The molecule has 192 valence electrons. The molecule has 0 aliphatic carbocycles. The molecule has 0 atom stereocenters. The largest absolute Gasteiger partial charge is 0.490 e. The van der Waals surface area contributed by atoms with Crippen molar-refractivity contribution in [1.82, 2.24) is 4.90 Å². The van der Waals surface area contributed by atoms with Gasteiger partial charge in [-0.15, -0.1) is 0 Å². The predicted octanol–water partition coefficient (Wildman–Crippen LogP) is 8.50. The van der Waals surface area contributed by atoms with Crippen molar-refractivity contribution in [1.29, 1.82) is 0 Å². The summed E-state index contributed by atoms with van der Waals surface area (Å²) in [6.45, 7) is 4.86. The number of likely N-dealkylation sites (N-methyl/N-ethyl adjacent to an activating group) is 1. The van der Waals surface area contributed by atoms with Crippen molar-refractivity contribution in [3.8, 4) is 11.5 Å². The molecule has 1 fully saturated rings. The summed E-state index contributed by atoms with van der Waals surface area (Å²) in [4.78, 5) is 19.7. The Balaban J connectivity index is 1.61. The van der Waals surface area contributed by atoms with E-state index in [0.717, 1.165) is 11.1 Å². The summed E-state index contributed by atoms with van der Waals surface area (Å²) in [5.74, 6) is 0.553. The molecule has 0 spiro atoms. The van der Waals surface area contributed by atoms with E-state index >= 15 is 0 Å². The van der Waals surface area contributed by atoms with Crippen molar-refractivity contribution < 1.29 is 18.7 Å². The van der Waals surface area contributed by atoms with E-state index in [2.05, 4.69) is 20.9 Å². The van der Waals surface area contributed by atoms with Crippen LogP contribution in [0.4, 0.5) is 10.1 Å². The summed E-state index contributed by atoms with van der Waals surface area (Å²) in [5.41, 5.74) is 2.11. The standard InChI is InChI=1S/C27H22BrCl2FN2O3S/c1-3-33-26(34)24(37-27(33)32-20-9-7-19(31)8-10-20)13-16-11-21(28)25(23(12-16)35-4-2)36-15-17-5-6-18(29)14-22(17)30/h5-14H,3-4,15H2,1-2H3/b24-13+,32-27?. The Kier molecular flexibility index (Phi) is 9.18. The zero-order chi connectivity index (χ0) is 26.5. The normalized spacial score (nSPS) is 15.6. The first-order valence-electron chi connectivity index (χ1n) is 11.4. The van der Waals surface area contributed by atoms with Crippen LogP contribution in [0.5, 0.6) is 11.5 Å². The van der Waals surface area contributed by atoms with E-state index < -0.39 is 0 Å². The van der Waals surface area contributed by atoms with Gasteiger partial charge in [-0.2, -0.15) is 0 Å². The van der Waals surface area contributed by atoms with Gasteiger partial charge in [0.1, 0.15) is 12.4 Å². The maximum atomic E-state index is 13.3. The number of carbonyl (C=O) groups is 1. The third kappa shape index (κ3) is 6.68. The second-order valence-electron chi connectivity index (χ2n) is 7.82. The molecule has 1 aliphatic rings. The Morgan fingerprint density at radius 1 is 1.08 bits per heavy atom. The summed E-state index contributed by atoms with van der Waals surface area (Å²) >= 11 is 17.1. The number of ether oxygens (including phenoxy) is 2. The average Bonchev–Trinajstić information content (AvgIpc) is 3.14. The number of carbonyl (C=O) groups excluding carboxylic acids is 1. The van der Waals surface area contributed by atoms with Crippen molar-refractivity contribution >= 4 is 73.7 Å². The molecule has 0 radical (unpaired) electrons. The van der Waals surface area contributed by atoms with Crippen LogP contribution in [0.25, 0.3) is 6.08 Å². The highest BCUT2D eigenvalue weighted by atomic mass is 79.9. The third-order valence-corrected chi connectivity index (χ3v) is 7.45. The minimum absolute atomic E-state index is 0.153. The monoisotopic (exact) mass is 622 g/mol. The molecule has 0 N–H and O–H groups in total. The quantitative estimate of drug-likeness (QED) is 0.236. The number of hydrogen-bond acceptors (Lipinski definition) is 5. The number of thioether (sulfide) groups is 1. The van der Waals surface area contributed by atoms with Gasteiger partial charge in [-0.1, -0.05) is 29.3 Å². The highest BCUT2D eigenvalue weighted by Crippen LogP contribution is 2.40. The van der Waals surface area contributed by atoms with Crippen molar-refractivity contribution in [2.45, 2.75) is 20.5 Å². The first-order chi connectivity index (χ1) is 17.8. The SMILES string of the molecule is CCOc1cc(/C=C2/SC(=Nc3ccc(F)cc3)N(CC)C2=O)cc(Br)c1OCc1ccc(Cl)cc1Cl. The number of nitrogens with zero attached hydrogens (tertiary/aromatic N) is 2. The van der Waals surface area contributed by atoms with Crippen molar-refractivity contribution in [2.75, 3.05) is 13.2 Å². The minimum Gasteiger partial charge on any atom is -0.490 e. The summed E-state index contributed by atoms with van der Waals surface area (Å²) in [6.07, 6.45) is 1.79. The zero-order valence-corrected chi connectivity index (χ0v) is 23.8. The van der Waals surface area contributed by atoms with Crippen LogP contribution in [0.3, 0.4) is 0 Å². The lowest BCUT2D eigenvalue weighted by molar-refractivity contribution is -0.122. The van der Waals surface area contributed by atoms with Crippen LogP contribution in [0.2, 0.25) is 10.0 Å². The highest BCUT2D eigenvalue weighted by molar-refractivity contribution is 9.10. The molecule has 0 unspecified atom stereocenters. The fourth-order valence-corrected chi connectivity index (χ4v) is 5.61. The number of rotatable bonds is 8. The molecule has 37 heavy (non-hydrogen) atoms. The maximum Gasteiger partial charge on any atom is 0.266 e. The van der Waals surface area contributed by atoms with Crippen LogP contribution in [-0.2, 0) is 11.4 Å². The van der Waals surface area contributed by atoms with E-state index in [1.807, 2.05) is 32.0 Å². The lowest BCUT2D eigenvalue weighted by Gasteiger charge is -2.15. The molecule has 1 aliphatic heterocycles. The highest BCUT2D eigenvalue weighted by Gasteiger charge is 2.32. The minimum atomic E-state index is -0.341. The summed E-state index contributed by atoms with van der Waals surface area (Å²) < 4.78 is 25.8. The number of benzene rings is 3. The van der Waals surface area contributed by atoms with E-state index in [4.69, 9.17) is 32.7 Å². The van der Waals surface area contributed by atoms with Crippen LogP contribution in [0.1, 0.15) is 25.0 Å². The molecule has 3 aromatic carbocycles. The Hall–Kier alpha value is -2.52. The summed E-state index contributed by atoms with van der Waals surface area (Å²) in [6, 6.07) is 14.7. The van der Waals surface area contributed by atoms with Crippen LogP contribution in [0.15, 0.2) is 69.0 Å². The van der Waals surface area contributed by atoms with E-state index in [0.29, 0.717) is 54.9 Å².